The first kappa shape index (κ1) is 24.8. The highest BCUT2D eigenvalue weighted by atomic mass is 32.1. The predicted octanol–water partition coefficient (Wildman–Crippen LogP) is 4.55. The van der Waals surface area contributed by atoms with E-state index >= 15 is 0 Å². The van der Waals surface area contributed by atoms with Gasteiger partial charge in [0.25, 0.3) is 5.91 Å². The van der Waals surface area contributed by atoms with Crippen LogP contribution in [0.25, 0.3) is 0 Å². The molecule has 4 rings (SSSR count). The maximum atomic E-state index is 13.7. The van der Waals surface area contributed by atoms with Gasteiger partial charge >= 0.3 is 6.09 Å². The van der Waals surface area contributed by atoms with Crippen molar-refractivity contribution >= 4 is 23.3 Å². The van der Waals surface area contributed by atoms with Gasteiger partial charge < -0.3 is 4.74 Å². The average molecular weight is 502 g/mol. The average Bonchev–Trinajstić information content (AvgIpc) is 3.50. The van der Waals surface area contributed by atoms with Crippen molar-refractivity contribution in [2.75, 3.05) is 13.7 Å². The fourth-order valence-corrected chi connectivity index (χ4v) is 5.27. The van der Waals surface area contributed by atoms with E-state index in [4.69, 9.17) is 9.57 Å². The lowest BCUT2D eigenvalue weighted by atomic mass is 9.77. The maximum Gasteiger partial charge on any atom is 0.410 e. The third kappa shape index (κ3) is 5.68. The lowest BCUT2D eigenvalue weighted by Gasteiger charge is -2.43. The van der Waals surface area contributed by atoms with E-state index in [-0.39, 0.29) is 29.4 Å². The molecule has 2 aromatic heterocycles. The van der Waals surface area contributed by atoms with Crippen molar-refractivity contribution < 1.29 is 23.6 Å². The quantitative estimate of drug-likeness (QED) is 0.497. The van der Waals surface area contributed by atoms with Crippen LogP contribution in [0.1, 0.15) is 71.8 Å². The van der Waals surface area contributed by atoms with Gasteiger partial charge in [-0.2, -0.15) is 5.10 Å². The predicted molar refractivity (Wildman–Crippen MR) is 127 cm³/mol. The summed E-state index contributed by atoms with van der Waals surface area (Å²) in [6, 6.07) is 7.74. The number of ether oxygens (including phenoxy) is 1. The smallest absolute Gasteiger partial charge is 0.410 e. The second-order valence-corrected chi connectivity index (χ2v) is 10.3. The number of hydrogen-bond acceptors (Lipinski definition) is 7. The zero-order chi connectivity index (χ0) is 25.2. The van der Waals surface area contributed by atoms with Crippen LogP contribution in [0.4, 0.5) is 9.18 Å². The summed E-state index contributed by atoms with van der Waals surface area (Å²) in [5.74, 6) is -1.13. The SMILES string of the molecule is CONC(=O)c1csc(C2CC(c3ccn[nH]3)N(C(=O)OC(C)(C)C)CC2c2ccc(F)cc2)n1. The van der Waals surface area contributed by atoms with Crippen LogP contribution in [0.2, 0.25) is 0 Å². The topological polar surface area (TPSA) is 109 Å². The highest BCUT2D eigenvalue weighted by molar-refractivity contribution is 7.09. The van der Waals surface area contributed by atoms with Crippen molar-refractivity contribution in [3.63, 3.8) is 0 Å². The van der Waals surface area contributed by atoms with Crippen molar-refractivity contribution in [1.29, 1.82) is 0 Å². The van der Waals surface area contributed by atoms with Crippen molar-refractivity contribution in [2.24, 2.45) is 0 Å². The summed E-state index contributed by atoms with van der Waals surface area (Å²) in [6.45, 7) is 5.78. The number of hydrogen-bond donors (Lipinski definition) is 2. The molecule has 0 spiro atoms. The molecule has 2 amide bonds. The third-order valence-corrected chi connectivity index (χ3v) is 6.78. The van der Waals surface area contributed by atoms with Crippen LogP contribution >= 0.6 is 11.3 Å². The number of thiazole rings is 1. The summed E-state index contributed by atoms with van der Waals surface area (Å²) >= 11 is 1.37. The fraction of sp³-hybridized carbons (Fsp3) is 0.417. The van der Waals surface area contributed by atoms with Crippen molar-refractivity contribution in [2.45, 2.75) is 50.7 Å². The molecule has 1 aromatic carbocycles. The Kier molecular flexibility index (Phi) is 7.18. The number of nitrogens with zero attached hydrogens (tertiary/aromatic N) is 3. The maximum absolute atomic E-state index is 13.7. The first-order valence-corrected chi connectivity index (χ1v) is 12.1. The Morgan fingerprint density at radius 2 is 1.94 bits per heavy atom. The summed E-state index contributed by atoms with van der Waals surface area (Å²) in [7, 11) is 1.36. The molecule has 35 heavy (non-hydrogen) atoms. The number of aromatic amines is 1. The van der Waals surface area contributed by atoms with E-state index in [0.29, 0.717) is 13.0 Å². The largest absolute Gasteiger partial charge is 0.444 e. The normalized spacial score (nSPS) is 20.5. The minimum Gasteiger partial charge on any atom is -0.444 e. The molecule has 3 atom stereocenters. The van der Waals surface area contributed by atoms with Crippen molar-refractivity contribution in [1.82, 2.24) is 25.6 Å². The highest BCUT2D eigenvalue weighted by Gasteiger charge is 2.43. The first-order chi connectivity index (χ1) is 16.7. The Morgan fingerprint density at radius 3 is 2.57 bits per heavy atom. The van der Waals surface area contributed by atoms with Crippen LogP contribution in [0, 0.1) is 5.82 Å². The van der Waals surface area contributed by atoms with E-state index in [1.54, 1.807) is 28.6 Å². The lowest BCUT2D eigenvalue weighted by Crippen LogP contribution is -2.46. The van der Waals surface area contributed by atoms with Crippen LogP contribution in [0.5, 0.6) is 0 Å². The van der Waals surface area contributed by atoms with E-state index in [1.807, 2.05) is 26.8 Å². The Morgan fingerprint density at radius 1 is 1.20 bits per heavy atom. The van der Waals surface area contributed by atoms with Gasteiger partial charge in [-0.3, -0.25) is 19.6 Å². The molecule has 0 radical (unpaired) electrons. The Balaban J connectivity index is 1.74. The molecule has 1 fully saturated rings. The number of carbonyl (C=O) groups is 2. The number of likely N-dealkylation sites (tertiary alicyclic amines) is 1. The van der Waals surface area contributed by atoms with Crippen molar-refractivity contribution in [3.8, 4) is 0 Å². The summed E-state index contributed by atoms with van der Waals surface area (Å²) in [5.41, 5.74) is 3.50. The summed E-state index contributed by atoms with van der Waals surface area (Å²) in [6.07, 6.45) is 1.70. The van der Waals surface area contributed by atoms with E-state index in [1.165, 1.54) is 30.6 Å². The van der Waals surface area contributed by atoms with Gasteiger partial charge in [0.1, 0.15) is 17.1 Å². The molecule has 0 aliphatic carbocycles. The van der Waals surface area contributed by atoms with Gasteiger partial charge in [-0.25, -0.2) is 19.6 Å². The summed E-state index contributed by atoms with van der Waals surface area (Å²) < 4.78 is 19.4. The Hall–Kier alpha value is -3.31. The molecule has 186 valence electrons. The van der Waals surface area contributed by atoms with Gasteiger partial charge in [0.05, 0.1) is 23.9 Å². The van der Waals surface area contributed by atoms with Crippen LogP contribution in [-0.2, 0) is 9.57 Å². The molecule has 3 aromatic rings. The second kappa shape index (κ2) is 10.1. The number of aromatic nitrogens is 3. The van der Waals surface area contributed by atoms with E-state index < -0.39 is 17.6 Å². The zero-order valence-electron chi connectivity index (χ0n) is 19.9. The molecule has 11 heteroatoms. The first-order valence-electron chi connectivity index (χ1n) is 11.2. The minimum absolute atomic E-state index is 0.151. The third-order valence-electron chi connectivity index (χ3n) is 5.81. The highest BCUT2D eigenvalue weighted by Crippen LogP contribution is 2.47. The molecule has 1 aliphatic heterocycles. The van der Waals surface area contributed by atoms with Gasteiger partial charge in [0.15, 0.2) is 0 Å². The summed E-state index contributed by atoms with van der Waals surface area (Å²) in [4.78, 5) is 36.5. The number of hydroxylamine groups is 1. The van der Waals surface area contributed by atoms with Gasteiger partial charge in [0, 0.05) is 30.0 Å². The molecule has 3 heterocycles. The van der Waals surface area contributed by atoms with Crippen LogP contribution in [-0.4, -0.2) is 51.3 Å². The number of carbonyl (C=O) groups excluding carboxylic acids is 2. The fourth-order valence-electron chi connectivity index (χ4n) is 4.30. The van der Waals surface area contributed by atoms with Crippen LogP contribution in [0.15, 0.2) is 41.9 Å². The molecule has 0 saturated carbocycles. The van der Waals surface area contributed by atoms with E-state index in [9.17, 15) is 14.0 Å². The molecule has 2 N–H and O–H groups in total. The molecule has 0 bridgehead atoms. The number of piperidine rings is 1. The standard InChI is InChI=1S/C24H28FN5O4S/c1-24(2,3)34-23(32)30-12-17(14-5-7-15(25)8-6-14)16(11-20(30)18-9-10-26-28-18)22-27-19(13-35-22)21(31)29-33-4/h5-10,13,16-17,20H,11-12H2,1-4H3,(H,26,28)(H,29,31). The second-order valence-electron chi connectivity index (χ2n) is 9.37. The number of nitrogens with one attached hydrogen (secondary N) is 2. The molecule has 1 saturated heterocycles. The molecular weight excluding hydrogens is 473 g/mol. The number of rotatable bonds is 5. The van der Waals surface area contributed by atoms with E-state index in [0.717, 1.165) is 16.3 Å². The Bertz CT molecular complexity index is 1160. The number of H-pyrrole nitrogens is 1. The lowest BCUT2D eigenvalue weighted by molar-refractivity contribution is 0.00403. The monoisotopic (exact) mass is 501 g/mol. The van der Waals surface area contributed by atoms with Crippen molar-refractivity contribution in [3.05, 3.63) is 69.7 Å². The van der Waals surface area contributed by atoms with Crippen LogP contribution < -0.4 is 5.48 Å². The molecule has 9 nitrogen and oxygen atoms in total. The zero-order valence-corrected chi connectivity index (χ0v) is 20.8. The van der Waals surface area contributed by atoms with Gasteiger partial charge in [-0.1, -0.05) is 12.1 Å². The minimum atomic E-state index is -0.670. The number of halogens is 1. The number of benzene rings is 1. The Labute approximate surface area is 206 Å². The van der Waals surface area contributed by atoms with E-state index in [2.05, 4.69) is 20.7 Å². The molecule has 3 unspecified atom stereocenters. The van der Waals surface area contributed by atoms with Gasteiger partial charge in [-0.15, -0.1) is 11.3 Å². The molecular formula is C24H28FN5O4S. The number of amides is 2. The van der Waals surface area contributed by atoms with Gasteiger partial charge in [-0.05, 0) is 51.0 Å². The van der Waals surface area contributed by atoms with Gasteiger partial charge in [0.2, 0.25) is 0 Å². The van der Waals surface area contributed by atoms with Crippen LogP contribution in [0.3, 0.4) is 0 Å². The summed E-state index contributed by atoms with van der Waals surface area (Å²) in [5, 5.41) is 9.48. The molecule has 1 aliphatic rings.